The van der Waals surface area contributed by atoms with Gasteiger partial charge in [-0.3, -0.25) is 9.59 Å². The number of hydrogen-bond donors (Lipinski definition) is 2. The number of fused-ring (bicyclic) bond motifs is 1. The van der Waals surface area contributed by atoms with Crippen LogP contribution >= 0.6 is 39.3 Å². The molecular formula is C34H35BrClN5O3S. The highest BCUT2D eigenvalue weighted by Crippen LogP contribution is 2.55. The summed E-state index contributed by atoms with van der Waals surface area (Å²) in [6, 6.07) is 21.0. The van der Waals surface area contributed by atoms with E-state index in [4.69, 9.17) is 11.6 Å². The highest BCUT2D eigenvalue weighted by atomic mass is 79.9. The number of H-pyrrole nitrogens is 1. The number of benzene rings is 3. The summed E-state index contributed by atoms with van der Waals surface area (Å²) >= 11 is 11.3. The minimum absolute atomic E-state index is 0.0440. The molecule has 4 amide bonds. The summed E-state index contributed by atoms with van der Waals surface area (Å²) in [4.78, 5) is 51.6. The third-order valence-corrected chi connectivity index (χ3v) is 10.8. The summed E-state index contributed by atoms with van der Waals surface area (Å²) in [7, 11) is 0. The molecule has 0 radical (unpaired) electrons. The minimum atomic E-state index is -1.16. The Hall–Kier alpha value is -3.47. The number of carbonyl (C=O) groups excluding carboxylic acids is 3. The van der Waals surface area contributed by atoms with Crippen LogP contribution < -0.4 is 5.32 Å². The summed E-state index contributed by atoms with van der Waals surface area (Å²) < 4.78 is -0.208. The number of nitrogens with one attached hydrogen (secondary N) is 2. The van der Waals surface area contributed by atoms with Crippen LogP contribution in [0.3, 0.4) is 0 Å². The zero-order chi connectivity index (χ0) is 31.7. The summed E-state index contributed by atoms with van der Waals surface area (Å²) in [6.45, 7) is 6.45. The summed E-state index contributed by atoms with van der Waals surface area (Å²) in [5, 5.41) is 4.38. The molecule has 2 saturated heterocycles. The van der Waals surface area contributed by atoms with Crippen LogP contribution in [0, 0.1) is 6.92 Å². The van der Waals surface area contributed by atoms with E-state index < -0.39 is 10.8 Å². The maximum absolute atomic E-state index is 15.0. The number of aromatic amines is 1. The van der Waals surface area contributed by atoms with Gasteiger partial charge in [0, 0.05) is 76.3 Å². The van der Waals surface area contributed by atoms with E-state index in [1.165, 1.54) is 11.8 Å². The lowest BCUT2D eigenvalue weighted by atomic mass is 9.90. The van der Waals surface area contributed by atoms with Crippen LogP contribution in [0.2, 0.25) is 5.02 Å². The van der Waals surface area contributed by atoms with Crippen molar-refractivity contribution in [1.29, 1.82) is 0 Å². The molecule has 1 unspecified atom stereocenters. The first-order valence-corrected chi connectivity index (χ1v) is 17.1. The second-order valence-corrected chi connectivity index (χ2v) is 14.3. The Morgan fingerprint density at radius 2 is 1.71 bits per heavy atom. The van der Waals surface area contributed by atoms with Crippen molar-refractivity contribution in [2.75, 3.05) is 32.7 Å². The van der Waals surface area contributed by atoms with E-state index in [0.29, 0.717) is 44.3 Å². The fraction of sp³-hybridized carbons (Fsp3) is 0.324. The number of halogens is 2. The van der Waals surface area contributed by atoms with Gasteiger partial charge in [0.25, 0.3) is 0 Å². The van der Waals surface area contributed by atoms with E-state index in [0.717, 1.165) is 37.0 Å². The number of hydrogen-bond acceptors (Lipinski definition) is 4. The first-order chi connectivity index (χ1) is 21.7. The van der Waals surface area contributed by atoms with Crippen LogP contribution in [-0.2, 0) is 16.1 Å². The third-order valence-electron chi connectivity index (χ3n) is 8.59. The number of piperazine rings is 1. The van der Waals surface area contributed by atoms with Crippen molar-refractivity contribution in [3.8, 4) is 0 Å². The number of urea groups is 1. The molecule has 234 valence electrons. The van der Waals surface area contributed by atoms with Crippen molar-refractivity contribution in [3.63, 3.8) is 0 Å². The summed E-state index contributed by atoms with van der Waals surface area (Å²) in [5.41, 5.74) is 3.81. The lowest BCUT2D eigenvalue weighted by Gasteiger charge is -2.42. The Bertz CT molecular complexity index is 1720. The molecule has 0 saturated carbocycles. The van der Waals surface area contributed by atoms with Crippen LogP contribution in [-0.4, -0.2) is 75.0 Å². The molecule has 2 fully saturated rings. The fourth-order valence-corrected chi connectivity index (χ4v) is 8.25. The van der Waals surface area contributed by atoms with Gasteiger partial charge in [-0.05, 0) is 55.8 Å². The number of aryl methyl sites for hydroxylation is 1. The van der Waals surface area contributed by atoms with E-state index in [1.54, 1.807) is 4.90 Å². The van der Waals surface area contributed by atoms with Gasteiger partial charge < -0.3 is 25.0 Å². The third kappa shape index (κ3) is 6.33. The predicted molar refractivity (Wildman–Crippen MR) is 182 cm³/mol. The van der Waals surface area contributed by atoms with Crippen LogP contribution in [0.5, 0.6) is 0 Å². The average molecular weight is 709 g/mol. The zero-order valence-corrected chi connectivity index (χ0v) is 28.3. The van der Waals surface area contributed by atoms with Gasteiger partial charge in [-0.15, -0.1) is 11.8 Å². The zero-order valence-electron chi connectivity index (χ0n) is 25.2. The molecule has 2 aliphatic heterocycles. The fourth-order valence-electron chi connectivity index (χ4n) is 6.34. The smallest absolute Gasteiger partial charge is 0.317 e. The van der Waals surface area contributed by atoms with Crippen molar-refractivity contribution < 1.29 is 14.4 Å². The number of carbonyl (C=O) groups is 3. The number of nitrogens with zero attached hydrogens (tertiary/aromatic N) is 3. The SMILES string of the molecule is CCNC(=O)N1CCN(C(=O)C2(Sc3ccc(C)cc3)CC(=O)N(Cc3ccc(Br)cc3)[C@H]2c2c[nH]c3cc(Cl)ccc23)CC1. The van der Waals surface area contributed by atoms with Gasteiger partial charge in [-0.2, -0.15) is 0 Å². The first kappa shape index (κ1) is 31.5. The normalized spacial score (nSPS) is 20.2. The number of aromatic nitrogens is 1. The molecule has 6 rings (SSSR count). The molecule has 3 heterocycles. The van der Waals surface area contributed by atoms with Crippen LogP contribution in [0.4, 0.5) is 4.79 Å². The number of amides is 4. The molecular weight excluding hydrogens is 674 g/mol. The molecule has 2 N–H and O–H groups in total. The van der Waals surface area contributed by atoms with E-state index in [-0.39, 0.29) is 24.3 Å². The molecule has 0 aliphatic carbocycles. The molecule has 0 bridgehead atoms. The van der Waals surface area contributed by atoms with Crippen molar-refractivity contribution in [2.24, 2.45) is 0 Å². The Labute approximate surface area is 280 Å². The predicted octanol–water partition coefficient (Wildman–Crippen LogP) is 6.77. The Balaban J connectivity index is 1.46. The van der Waals surface area contributed by atoms with Gasteiger partial charge >= 0.3 is 6.03 Å². The van der Waals surface area contributed by atoms with Gasteiger partial charge in [-0.25, -0.2) is 4.79 Å². The molecule has 8 nitrogen and oxygen atoms in total. The number of thioether (sulfide) groups is 1. The standard InChI is InChI=1S/C34H35BrClN5O3S/c1-3-37-33(44)40-16-14-39(15-17-40)32(43)34(45-26-11-4-22(2)5-12-26)19-30(42)41(21-23-6-8-24(35)9-7-23)31(34)28-20-38-29-18-25(36)10-13-27(28)29/h4-13,18,20,31,38H,3,14-17,19,21H2,1-2H3,(H,37,44)/t31-,34?/m0/s1. The van der Waals surface area contributed by atoms with Gasteiger partial charge in [0.2, 0.25) is 11.8 Å². The van der Waals surface area contributed by atoms with E-state index in [1.807, 2.05) is 96.6 Å². The van der Waals surface area contributed by atoms with Gasteiger partial charge in [0.05, 0.1) is 12.5 Å². The molecule has 11 heteroatoms. The lowest BCUT2D eigenvalue weighted by Crippen LogP contribution is -2.58. The van der Waals surface area contributed by atoms with Crippen LogP contribution in [0.1, 0.15) is 36.1 Å². The monoisotopic (exact) mass is 707 g/mol. The highest BCUT2D eigenvalue weighted by Gasteiger charge is 2.59. The number of likely N-dealkylation sites (tertiary alicyclic amines) is 1. The quantitative estimate of drug-likeness (QED) is 0.222. The molecule has 0 spiro atoms. The maximum Gasteiger partial charge on any atom is 0.317 e. The summed E-state index contributed by atoms with van der Waals surface area (Å²) in [5.74, 6) is -0.177. The van der Waals surface area contributed by atoms with Crippen molar-refractivity contribution in [1.82, 2.24) is 25.0 Å². The Morgan fingerprint density at radius 1 is 1.02 bits per heavy atom. The Morgan fingerprint density at radius 3 is 2.40 bits per heavy atom. The van der Waals surface area contributed by atoms with E-state index in [2.05, 4.69) is 26.2 Å². The lowest BCUT2D eigenvalue weighted by molar-refractivity contribution is -0.136. The van der Waals surface area contributed by atoms with E-state index >= 15 is 4.79 Å². The molecule has 4 aromatic rings. The molecule has 45 heavy (non-hydrogen) atoms. The van der Waals surface area contributed by atoms with Crippen LogP contribution in [0.15, 0.2) is 82.3 Å². The topological polar surface area (TPSA) is 88.8 Å². The second kappa shape index (κ2) is 13.1. The second-order valence-electron chi connectivity index (χ2n) is 11.6. The average Bonchev–Trinajstić information content (AvgIpc) is 3.56. The molecule has 2 atom stereocenters. The van der Waals surface area contributed by atoms with Gasteiger partial charge in [-0.1, -0.05) is 63.4 Å². The largest absolute Gasteiger partial charge is 0.361 e. The summed E-state index contributed by atoms with van der Waals surface area (Å²) in [6.07, 6.45) is 1.96. The van der Waals surface area contributed by atoms with Gasteiger partial charge in [0.15, 0.2) is 0 Å². The van der Waals surface area contributed by atoms with Crippen molar-refractivity contribution >= 4 is 68.0 Å². The molecule has 3 aromatic carbocycles. The minimum Gasteiger partial charge on any atom is -0.361 e. The molecule has 2 aliphatic rings. The Kier molecular flexibility index (Phi) is 9.17. The highest BCUT2D eigenvalue weighted by molar-refractivity contribution is 9.10. The van der Waals surface area contributed by atoms with Crippen molar-refractivity contribution in [2.45, 2.75) is 42.5 Å². The maximum atomic E-state index is 15.0. The first-order valence-electron chi connectivity index (χ1n) is 15.1. The number of rotatable bonds is 7. The van der Waals surface area contributed by atoms with Crippen LogP contribution in [0.25, 0.3) is 10.9 Å². The van der Waals surface area contributed by atoms with E-state index in [9.17, 15) is 9.59 Å². The van der Waals surface area contributed by atoms with Crippen molar-refractivity contribution in [3.05, 3.63) is 99.1 Å². The molecule has 1 aromatic heterocycles. The van der Waals surface area contributed by atoms with Gasteiger partial charge in [0.1, 0.15) is 4.75 Å².